The molecule has 32 heavy (non-hydrogen) atoms. The number of ether oxygens (including phenoxy) is 1. The average molecular weight is 556 g/mol. The Bertz CT molecular complexity index is 761. The maximum atomic E-state index is 12.3. The van der Waals surface area contributed by atoms with Gasteiger partial charge in [0.2, 0.25) is 0 Å². The summed E-state index contributed by atoms with van der Waals surface area (Å²) < 4.78 is 5.52. The van der Waals surface area contributed by atoms with Gasteiger partial charge < -0.3 is 25.2 Å². The van der Waals surface area contributed by atoms with Crippen molar-refractivity contribution in [2.24, 2.45) is 4.99 Å². The van der Waals surface area contributed by atoms with Gasteiger partial charge in [-0.25, -0.2) is 0 Å². The zero-order valence-electron chi connectivity index (χ0n) is 19.2. The molecule has 1 amide bonds. The molecule has 1 aromatic carbocycles. The first-order valence-electron chi connectivity index (χ1n) is 12.0. The number of para-hydroxylation sites is 2. The fraction of sp³-hybridized carbons (Fsp3) is 0.667. The lowest BCUT2D eigenvalue weighted by molar-refractivity contribution is -0.121. The molecule has 0 atom stereocenters. The SMILES string of the molecule is CN=C(NCCCN1C(=O)COc2ccccc21)NC1CCN(C2CCCCC2)CC1.I. The highest BCUT2D eigenvalue weighted by atomic mass is 127. The van der Waals surface area contributed by atoms with Crippen molar-refractivity contribution in [2.75, 3.05) is 44.7 Å². The van der Waals surface area contributed by atoms with Crippen LogP contribution in [0.15, 0.2) is 29.3 Å². The summed E-state index contributed by atoms with van der Waals surface area (Å²) in [4.78, 5) is 21.2. The van der Waals surface area contributed by atoms with E-state index in [2.05, 4.69) is 20.5 Å². The number of nitrogens with zero attached hydrogens (tertiary/aromatic N) is 3. The lowest BCUT2D eigenvalue weighted by atomic mass is 9.92. The lowest BCUT2D eigenvalue weighted by Gasteiger charge is -2.39. The number of piperidine rings is 1. The van der Waals surface area contributed by atoms with Crippen LogP contribution in [-0.2, 0) is 4.79 Å². The van der Waals surface area contributed by atoms with Gasteiger partial charge in [-0.15, -0.1) is 24.0 Å². The standard InChI is InChI=1S/C24H37N5O2.HI/c1-25-24(27-19-12-16-28(17-13-19)20-8-3-2-4-9-20)26-14-7-15-29-21-10-5-6-11-22(21)31-18-23(29)30;/h5-6,10-11,19-20H,2-4,7-9,12-18H2,1H3,(H2,25,26,27);1H. The minimum absolute atomic E-state index is 0. The Balaban J connectivity index is 0.00000289. The largest absolute Gasteiger partial charge is 0.482 e. The van der Waals surface area contributed by atoms with Crippen LogP contribution in [0, 0.1) is 0 Å². The second kappa shape index (κ2) is 12.6. The summed E-state index contributed by atoms with van der Waals surface area (Å²) >= 11 is 0. The summed E-state index contributed by atoms with van der Waals surface area (Å²) in [6.45, 7) is 3.94. The molecule has 7 nitrogen and oxygen atoms in total. The molecule has 2 aliphatic heterocycles. The number of halogens is 1. The summed E-state index contributed by atoms with van der Waals surface area (Å²) in [5, 5.41) is 7.03. The van der Waals surface area contributed by atoms with Gasteiger partial charge in [-0.1, -0.05) is 31.4 Å². The van der Waals surface area contributed by atoms with Crippen molar-refractivity contribution in [3.05, 3.63) is 24.3 Å². The number of nitrogens with one attached hydrogen (secondary N) is 2. The fourth-order valence-electron chi connectivity index (χ4n) is 5.09. The van der Waals surface area contributed by atoms with Gasteiger partial charge in [0.15, 0.2) is 12.6 Å². The molecule has 178 valence electrons. The molecule has 1 saturated carbocycles. The van der Waals surface area contributed by atoms with Crippen molar-refractivity contribution < 1.29 is 9.53 Å². The van der Waals surface area contributed by atoms with Gasteiger partial charge in [0.05, 0.1) is 5.69 Å². The third kappa shape index (κ3) is 6.50. The van der Waals surface area contributed by atoms with Gasteiger partial charge in [0.1, 0.15) is 5.75 Å². The molecule has 0 spiro atoms. The second-order valence-corrected chi connectivity index (χ2v) is 8.90. The van der Waals surface area contributed by atoms with E-state index < -0.39 is 0 Å². The number of fused-ring (bicyclic) bond motifs is 1. The van der Waals surface area contributed by atoms with E-state index >= 15 is 0 Å². The molecule has 2 fully saturated rings. The van der Waals surface area contributed by atoms with Crippen molar-refractivity contribution in [3.8, 4) is 5.75 Å². The van der Waals surface area contributed by atoms with Gasteiger partial charge in [-0.05, 0) is 44.2 Å². The number of aliphatic imine (C=N–C) groups is 1. The maximum Gasteiger partial charge on any atom is 0.265 e. The second-order valence-electron chi connectivity index (χ2n) is 8.90. The molecule has 0 aromatic heterocycles. The molecule has 0 bridgehead atoms. The van der Waals surface area contributed by atoms with E-state index in [1.807, 2.05) is 36.2 Å². The molecule has 1 aromatic rings. The van der Waals surface area contributed by atoms with E-state index in [1.54, 1.807) is 0 Å². The first-order chi connectivity index (χ1) is 15.2. The van der Waals surface area contributed by atoms with Crippen LogP contribution in [0.3, 0.4) is 0 Å². The van der Waals surface area contributed by atoms with Gasteiger partial charge >= 0.3 is 0 Å². The first kappa shape index (κ1) is 25.1. The number of rotatable bonds is 6. The predicted octanol–water partition coefficient (Wildman–Crippen LogP) is 3.38. The fourth-order valence-corrected chi connectivity index (χ4v) is 5.09. The van der Waals surface area contributed by atoms with E-state index in [1.165, 1.54) is 58.0 Å². The zero-order valence-corrected chi connectivity index (χ0v) is 21.6. The molecule has 8 heteroatoms. The number of hydrogen-bond donors (Lipinski definition) is 2. The summed E-state index contributed by atoms with van der Waals surface area (Å²) in [5.74, 6) is 1.67. The molecule has 1 saturated heterocycles. The smallest absolute Gasteiger partial charge is 0.265 e. The average Bonchev–Trinajstić information content (AvgIpc) is 2.83. The van der Waals surface area contributed by atoms with Crippen LogP contribution in [0.4, 0.5) is 5.69 Å². The number of guanidine groups is 1. The molecule has 0 unspecified atom stereocenters. The third-order valence-corrected chi connectivity index (χ3v) is 6.84. The van der Waals surface area contributed by atoms with Crippen LogP contribution >= 0.6 is 24.0 Å². The van der Waals surface area contributed by atoms with Crippen LogP contribution in [0.1, 0.15) is 51.4 Å². The van der Waals surface area contributed by atoms with E-state index in [0.717, 1.165) is 36.4 Å². The number of carbonyl (C=O) groups is 1. The number of likely N-dealkylation sites (tertiary alicyclic amines) is 1. The Labute approximate surface area is 209 Å². The minimum Gasteiger partial charge on any atom is -0.482 e. The Morgan fingerprint density at radius 3 is 2.62 bits per heavy atom. The maximum absolute atomic E-state index is 12.3. The van der Waals surface area contributed by atoms with Gasteiger partial charge in [0.25, 0.3) is 5.91 Å². The van der Waals surface area contributed by atoms with Crippen LogP contribution in [0.25, 0.3) is 0 Å². The predicted molar refractivity (Wildman–Crippen MR) is 140 cm³/mol. The molecular weight excluding hydrogens is 517 g/mol. The molecule has 0 radical (unpaired) electrons. The monoisotopic (exact) mass is 555 g/mol. The van der Waals surface area contributed by atoms with E-state index in [4.69, 9.17) is 4.74 Å². The normalized spacial score (nSPS) is 20.8. The van der Waals surface area contributed by atoms with Crippen LogP contribution in [0.5, 0.6) is 5.75 Å². The molecule has 1 aliphatic carbocycles. The Kier molecular flexibility index (Phi) is 9.90. The van der Waals surface area contributed by atoms with E-state index in [0.29, 0.717) is 12.6 Å². The molecule has 2 N–H and O–H groups in total. The minimum atomic E-state index is 0. The molecular formula is C24H38IN5O2. The van der Waals surface area contributed by atoms with E-state index in [-0.39, 0.29) is 36.5 Å². The number of benzene rings is 1. The molecule has 2 heterocycles. The Morgan fingerprint density at radius 2 is 1.88 bits per heavy atom. The number of carbonyl (C=O) groups excluding carboxylic acids is 1. The zero-order chi connectivity index (χ0) is 21.5. The molecule has 3 aliphatic rings. The number of hydrogen-bond acceptors (Lipinski definition) is 4. The van der Waals surface area contributed by atoms with Gasteiger partial charge in [-0.3, -0.25) is 9.79 Å². The number of amides is 1. The van der Waals surface area contributed by atoms with Crippen LogP contribution in [-0.4, -0.2) is 68.7 Å². The highest BCUT2D eigenvalue weighted by Gasteiger charge is 2.27. The van der Waals surface area contributed by atoms with Crippen LogP contribution in [0.2, 0.25) is 0 Å². The van der Waals surface area contributed by atoms with Crippen molar-refractivity contribution >= 4 is 41.5 Å². The quantitative estimate of drug-likeness (QED) is 0.244. The first-order valence-corrected chi connectivity index (χ1v) is 12.0. The Hall–Kier alpha value is -1.55. The van der Waals surface area contributed by atoms with Crippen molar-refractivity contribution in [1.82, 2.24) is 15.5 Å². The third-order valence-electron chi connectivity index (χ3n) is 6.84. The summed E-state index contributed by atoms with van der Waals surface area (Å²) in [5.41, 5.74) is 0.867. The summed E-state index contributed by atoms with van der Waals surface area (Å²) in [6.07, 6.45) is 10.2. The van der Waals surface area contributed by atoms with E-state index in [9.17, 15) is 4.79 Å². The Morgan fingerprint density at radius 1 is 1.12 bits per heavy atom. The van der Waals surface area contributed by atoms with Crippen molar-refractivity contribution in [3.63, 3.8) is 0 Å². The van der Waals surface area contributed by atoms with Gasteiger partial charge in [0, 0.05) is 45.3 Å². The lowest BCUT2D eigenvalue weighted by Crippen LogP contribution is -2.51. The topological polar surface area (TPSA) is 69.2 Å². The van der Waals surface area contributed by atoms with Gasteiger partial charge in [-0.2, -0.15) is 0 Å². The van der Waals surface area contributed by atoms with Crippen LogP contribution < -0.4 is 20.3 Å². The molecule has 4 rings (SSSR count). The number of anilines is 1. The summed E-state index contributed by atoms with van der Waals surface area (Å²) in [7, 11) is 1.83. The van der Waals surface area contributed by atoms with Crippen molar-refractivity contribution in [2.45, 2.75) is 63.5 Å². The highest BCUT2D eigenvalue weighted by Crippen LogP contribution is 2.31. The highest BCUT2D eigenvalue weighted by molar-refractivity contribution is 14.0. The van der Waals surface area contributed by atoms with Crippen molar-refractivity contribution in [1.29, 1.82) is 0 Å². The summed E-state index contributed by atoms with van der Waals surface area (Å²) in [6, 6.07) is 9.04.